The van der Waals surface area contributed by atoms with Gasteiger partial charge in [0.1, 0.15) is 17.1 Å². The van der Waals surface area contributed by atoms with Crippen molar-refractivity contribution in [1.29, 1.82) is 0 Å². The summed E-state index contributed by atoms with van der Waals surface area (Å²) < 4.78 is 11.3. The second-order valence-corrected chi connectivity index (χ2v) is 7.64. The molecule has 0 radical (unpaired) electrons. The maximum Gasteiger partial charge on any atom is 0.257 e. The number of carbonyl (C=O) groups is 1. The quantitative estimate of drug-likeness (QED) is 0.351. The van der Waals surface area contributed by atoms with Gasteiger partial charge in [0.2, 0.25) is 5.88 Å². The van der Waals surface area contributed by atoms with Gasteiger partial charge in [-0.1, -0.05) is 36.4 Å². The van der Waals surface area contributed by atoms with Crippen molar-refractivity contribution in [3.63, 3.8) is 0 Å². The fourth-order valence-corrected chi connectivity index (χ4v) is 3.46. The van der Waals surface area contributed by atoms with Gasteiger partial charge in [-0.05, 0) is 60.5 Å². The highest BCUT2D eigenvalue weighted by atomic mass is 16.5. The first-order chi connectivity index (χ1) is 16.7. The summed E-state index contributed by atoms with van der Waals surface area (Å²) >= 11 is 0. The molecule has 0 aliphatic carbocycles. The largest absolute Gasteiger partial charge is 0.438 e. The molecule has 2 aromatic carbocycles. The Morgan fingerprint density at radius 3 is 2.38 bits per heavy atom. The van der Waals surface area contributed by atoms with Crippen molar-refractivity contribution in [3.05, 3.63) is 108 Å². The zero-order chi connectivity index (χ0) is 23.6. The molecule has 2 heterocycles. The lowest BCUT2D eigenvalue weighted by atomic mass is 10.1. The van der Waals surface area contributed by atoms with E-state index in [4.69, 9.17) is 9.47 Å². The van der Waals surface area contributed by atoms with E-state index in [-0.39, 0.29) is 17.8 Å². The fourth-order valence-electron chi connectivity index (χ4n) is 3.46. The molecule has 0 fully saturated rings. The maximum absolute atomic E-state index is 13.1. The lowest BCUT2D eigenvalue weighted by Crippen LogP contribution is -2.39. The van der Waals surface area contributed by atoms with Gasteiger partial charge in [0.15, 0.2) is 0 Å². The number of ether oxygens (including phenoxy) is 2. The molecule has 2 N–H and O–H groups in total. The molecule has 7 nitrogen and oxygen atoms in total. The maximum atomic E-state index is 13.1. The molecular weight excluding hydrogens is 428 g/mol. The van der Waals surface area contributed by atoms with Gasteiger partial charge in [0.05, 0.1) is 12.6 Å². The lowest BCUT2D eigenvalue weighted by Gasteiger charge is -2.19. The van der Waals surface area contributed by atoms with Crippen LogP contribution in [0.5, 0.6) is 11.6 Å². The second kappa shape index (κ2) is 11.6. The van der Waals surface area contributed by atoms with Gasteiger partial charge in [-0.2, -0.15) is 0 Å². The predicted octanol–water partition coefficient (Wildman–Crippen LogP) is 5.00. The molecule has 1 amide bonds. The van der Waals surface area contributed by atoms with Crippen molar-refractivity contribution in [2.45, 2.75) is 12.5 Å². The highest BCUT2D eigenvalue weighted by molar-refractivity contribution is 5.96. The van der Waals surface area contributed by atoms with Crippen molar-refractivity contribution in [2.75, 3.05) is 19.0 Å². The van der Waals surface area contributed by atoms with E-state index in [1.807, 2.05) is 72.8 Å². The van der Waals surface area contributed by atoms with Gasteiger partial charge in [-0.25, -0.2) is 9.97 Å². The van der Waals surface area contributed by atoms with Crippen LogP contribution in [0.3, 0.4) is 0 Å². The zero-order valence-electron chi connectivity index (χ0n) is 18.8. The summed E-state index contributed by atoms with van der Waals surface area (Å²) in [4.78, 5) is 21.6. The summed E-state index contributed by atoms with van der Waals surface area (Å²) in [6.45, 7) is 0.391. The molecule has 0 bridgehead atoms. The van der Waals surface area contributed by atoms with Gasteiger partial charge >= 0.3 is 0 Å². The smallest absolute Gasteiger partial charge is 0.257 e. The zero-order valence-corrected chi connectivity index (χ0v) is 18.8. The molecule has 0 saturated carbocycles. The van der Waals surface area contributed by atoms with E-state index in [9.17, 15) is 4.79 Å². The molecule has 1 unspecified atom stereocenters. The Balaban J connectivity index is 1.44. The SMILES string of the molecule is COCC(Cc1ccccc1)NC(=O)c1cccnc1Oc1ccc(Nc2ccccn2)cc1. The van der Waals surface area contributed by atoms with Crippen LogP contribution >= 0.6 is 0 Å². The Morgan fingerprint density at radius 1 is 0.882 bits per heavy atom. The summed E-state index contributed by atoms with van der Waals surface area (Å²) in [5.41, 5.74) is 2.34. The minimum atomic E-state index is -0.269. The molecule has 172 valence electrons. The average Bonchev–Trinajstić information content (AvgIpc) is 2.87. The van der Waals surface area contributed by atoms with E-state index in [2.05, 4.69) is 20.6 Å². The van der Waals surface area contributed by atoms with Crippen LogP contribution in [0.1, 0.15) is 15.9 Å². The van der Waals surface area contributed by atoms with Crippen LogP contribution in [0.15, 0.2) is 97.3 Å². The first-order valence-corrected chi connectivity index (χ1v) is 11.0. The Bertz CT molecular complexity index is 1190. The standard InChI is InChI=1S/C27H26N4O3/c1-33-19-22(18-20-8-3-2-4-9-20)31-26(32)24-10-7-17-29-27(24)34-23-14-12-21(13-15-23)30-25-11-5-6-16-28-25/h2-17,22H,18-19H2,1H3,(H,28,30)(H,31,32). The van der Waals surface area contributed by atoms with Crippen molar-refractivity contribution in [1.82, 2.24) is 15.3 Å². The van der Waals surface area contributed by atoms with Crippen molar-refractivity contribution >= 4 is 17.4 Å². The molecule has 0 aliphatic heterocycles. The summed E-state index contributed by atoms with van der Waals surface area (Å²) in [6.07, 6.45) is 3.98. The van der Waals surface area contributed by atoms with E-state index >= 15 is 0 Å². The molecule has 4 aromatic rings. The fraction of sp³-hybridized carbons (Fsp3) is 0.148. The van der Waals surface area contributed by atoms with Crippen LogP contribution in [-0.2, 0) is 11.2 Å². The highest BCUT2D eigenvalue weighted by Gasteiger charge is 2.19. The lowest BCUT2D eigenvalue weighted by molar-refractivity contribution is 0.0894. The third-order valence-corrected chi connectivity index (χ3v) is 5.05. The monoisotopic (exact) mass is 454 g/mol. The topological polar surface area (TPSA) is 85.4 Å². The van der Waals surface area contributed by atoms with Crippen LogP contribution in [0.2, 0.25) is 0 Å². The van der Waals surface area contributed by atoms with Crippen molar-refractivity contribution in [3.8, 4) is 11.6 Å². The number of pyridine rings is 2. The third kappa shape index (κ3) is 6.40. The van der Waals surface area contributed by atoms with E-state index < -0.39 is 0 Å². The number of hydrogen-bond acceptors (Lipinski definition) is 6. The van der Waals surface area contributed by atoms with E-state index in [1.54, 1.807) is 31.6 Å². The number of rotatable bonds is 10. The van der Waals surface area contributed by atoms with Crippen molar-refractivity contribution in [2.24, 2.45) is 0 Å². The summed E-state index contributed by atoms with van der Waals surface area (Å²) in [6, 6.07) is 26.2. The minimum Gasteiger partial charge on any atom is -0.438 e. The minimum absolute atomic E-state index is 0.190. The van der Waals surface area contributed by atoms with E-state index in [1.165, 1.54) is 0 Å². The molecule has 0 saturated heterocycles. The number of benzene rings is 2. The number of aromatic nitrogens is 2. The summed E-state index contributed by atoms with van der Waals surface area (Å²) in [7, 11) is 1.62. The van der Waals surface area contributed by atoms with Gasteiger partial charge in [0, 0.05) is 25.2 Å². The molecule has 0 spiro atoms. The van der Waals surface area contributed by atoms with E-state index in [0.29, 0.717) is 24.3 Å². The normalized spacial score (nSPS) is 11.4. The molecule has 7 heteroatoms. The van der Waals surface area contributed by atoms with Crippen LogP contribution in [0, 0.1) is 0 Å². The Labute approximate surface area is 198 Å². The molecule has 0 aliphatic rings. The first-order valence-electron chi connectivity index (χ1n) is 11.0. The number of methoxy groups -OCH3 is 1. The Kier molecular flexibility index (Phi) is 7.82. The average molecular weight is 455 g/mol. The Hall–Kier alpha value is -4.23. The van der Waals surface area contributed by atoms with Gasteiger partial charge in [0.25, 0.3) is 5.91 Å². The molecule has 1 atom stereocenters. The van der Waals surface area contributed by atoms with Gasteiger partial charge in [-0.3, -0.25) is 4.79 Å². The third-order valence-electron chi connectivity index (χ3n) is 5.05. The number of nitrogens with zero attached hydrogens (tertiary/aromatic N) is 2. The molecular formula is C27H26N4O3. The number of anilines is 2. The predicted molar refractivity (Wildman–Crippen MR) is 132 cm³/mol. The van der Waals surface area contributed by atoms with Crippen molar-refractivity contribution < 1.29 is 14.3 Å². The van der Waals surface area contributed by atoms with Crippen LogP contribution in [-0.4, -0.2) is 35.6 Å². The van der Waals surface area contributed by atoms with Crippen LogP contribution in [0.25, 0.3) is 0 Å². The molecule has 34 heavy (non-hydrogen) atoms. The van der Waals surface area contributed by atoms with Gasteiger partial charge < -0.3 is 20.1 Å². The molecule has 4 rings (SSSR count). The molecule has 2 aromatic heterocycles. The number of carbonyl (C=O) groups excluding carboxylic acids is 1. The highest BCUT2D eigenvalue weighted by Crippen LogP contribution is 2.25. The number of nitrogens with one attached hydrogen (secondary N) is 2. The number of amides is 1. The van der Waals surface area contributed by atoms with Crippen LogP contribution < -0.4 is 15.4 Å². The summed E-state index contributed by atoms with van der Waals surface area (Å²) in [5.74, 6) is 1.29. The first kappa shape index (κ1) is 22.9. The number of hydrogen-bond donors (Lipinski definition) is 2. The Morgan fingerprint density at radius 2 is 1.65 bits per heavy atom. The van der Waals surface area contributed by atoms with E-state index in [0.717, 1.165) is 17.1 Å². The second-order valence-electron chi connectivity index (χ2n) is 7.64. The van der Waals surface area contributed by atoms with Gasteiger partial charge in [-0.15, -0.1) is 0 Å². The van der Waals surface area contributed by atoms with Crippen LogP contribution in [0.4, 0.5) is 11.5 Å². The summed E-state index contributed by atoms with van der Waals surface area (Å²) in [5, 5.41) is 6.26.